The Morgan fingerprint density at radius 2 is 1.86 bits per heavy atom. The molecule has 35 heavy (non-hydrogen) atoms. The number of hydrogen-bond donors (Lipinski definition) is 2. The van der Waals surface area contributed by atoms with E-state index in [4.69, 9.17) is 5.11 Å². The highest BCUT2D eigenvalue weighted by Gasteiger charge is 2.38. The summed E-state index contributed by atoms with van der Waals surface area (Å²) in [5, 5.41) is 11.0. The number of halogens is 5. The van der Waals surface area contributed by atoms with Crippen molar-refractivity contribution in [1.29, 1.82) is 0 Å². The maximum atomic E-state index is 16.0. The molecular formula is C23H18F5N3O4. The molecule has 2 fully saturated rings. The van der Waals surface area contributed by atoms with Gasteiger partial charge in [0.1, 0.15) is 17.3 Å². The number of pyridine rings is 1. The van der Waals surface area contributed by atoms with Gasteiger partial charge in [-0.3, -0.25) is 4.79 Å². The van der Waals surface area contributed by atoms with Crippen LogP contribution in [-0.2, 0) is 0 Å². The van der Waals surface area contributed by atoms with Crippen LogP contribution in [0, 0.1) is 35.0 Å². The first-order valence-electron chi connectivity index (χ1n) is 10.8. The summed E-state index contributed by atoms with van der Waals surface area (Å²) in [5.74, 6) is -7.86. The van der Waals surface area contributed by atoms with Gasteiger partial charge in [0, 0.05) is 25.2 Å². The van der Waals surface area contributed by atoms with Crippen molar-refractivity contribution in [3.8, 4) is 11.4 Å². The van der Waals surface area contributed by atoms with E-state index >= 15 is 13.2 Å². The van der Waals surface area contributed by atoms with Crippen LogP contribution in [0.3, 0.4) is 0 Å². The van der Waals surface area contributed by atoms with Crippen molar-refractivity contribution in [2.75, 3.05) is 24.5 Å². The van der Waals surface area contributed by atoms with E-state index < -0.39 is 68.7 Å². The van der Waals surface area contributed by atoms with Crippen molar-refractivity contribution in [2.45, 2.75) is 18.9 Å². The van der Waals surface area contributed by atoms with Crippen LogP contribution >= 0.6 is 0 Å². The van der Waals surface area contributed by atoms with E-state index in [1.807, 2.05) is 0 Å². The Morgan fingerprint density at radius 3 is 2.54 bits per heavy atom. The van der Waals surface area contributed by atoms with Gasteiger partial charge in [-0.2, -0.15) is 0 Å². The van der Waals surface area contributed by atoms with Crippen molar-refractivity contribution in [3.63, 3.8) is 0 Å². The first-order chi connectivity index (χ1) is 16.7. The topological polar surface area (TPSA) is 83.8 Å². The third-order valence-corrected chi connectivity index (χ3v) is 6.49. The van der Waals surface area contributed by atoms with Crippen LogP contribution in [0.4, 0.5) is 32.4 Å². The summed E-state index contributed by atoms with van der Waals surface area (Å²) < 4.78 is 79.7. The Kier molecular flexibility index (Phi) is 5.62. The van der Waals surface area contributed by atoms with Crippen molar-refractivity contribution in [2.24, 2.45) is 5.92 Å². The van der Waals surface area contributed by atoms with E-state index in [0.29, 0.717) is 16.8 Å². The zero-order chi connectivity index (χ0) is 25.0. The number of fused-ring (bicyclic) bond motifs is 2. The summed E-state index contributed by atoms with van der Waals surface area (Å²) in [6.45, 7) is 1.15. The Balaban J connectivity index is 1.81. The van der Waals surface area contributed by atoms with Crippen molar-refractivity contribution >= 4 is 22.7 Å². The van der Waals surface area contributed by atoms with Crippen LogP contribution in [0.5, 0.6) is 5.75 Å². The van der Waals surface area contributed by atoms with E-state index in [-0.39, 0.29) is 25.0 Å². The van der Waals surface area contributed by atoms with Gasteiger partial charge in [0.2, 0.25) is 5.43 Å². The van der Waals surface area contributed by atoms with E-state index in [1.54, 1.807) is 0 Å². The molecule has 2 N–H and O–H groups in total. The van der Waals surface area contributed by atoms with Crippen molar-refractivity contribution in [1.82, 2.24) is 9.88 Å². The lowest BCUT2D eigenvalue weighted by Gasteiger charge is -2.24. The fraction of sp³-hybridized carbons (Fsp3) is 0.304. The highest BCUT2D eigenvalue weighted by Crippen LogP contribution is 2.38. The molecule has 2 unspecified atom stereocenters. The maximum Gasteiger partial charge on any atom is 0.511 e. The van der Waals surface area contributed by atoms with Gasteiger partial charge in [-0.05, 0) is 37.4 Å². The molecule has 2 atom stereocenters. The van der Waals surface area contributed by atoms with Crippen LogP contribution < -0.4 is 20.4 Å². The molecule has 0 radical (unpaired) electrons. The van der Waals surface area contributed by atoms with Crippen molar-refractivity contribution in [3.05, 3.63) is 63.7 Å². The SMILES string of the molecule is O=C(O)Oc1cn(-c2ccc(F)cc2F)c2c(F)c(N3CC4CCCNC4C3)c(F)c(F)c2c1=O. The number of benzene rings is 2. The largest absolute Gasteiger partial charge is 0.511 e. The average molecular weight is 495 g/mol. The number of carbonyl (C=O) groups is 1. The van der Waals surface area contributed by atoms with Crippen LogP contribution in [-0.4, -0.2) is 41.5 Å². The number of hydrogen-bond acceptors (Lipinski definition) is 5. The van der Waals surface area contributed by atoms with Gasteiger partial charge in [0.25, 0.3) is 0 Å². The number of ether oxygens (including phenoxy) is 1. The zero-order valence-electron chi connectivity index (χ0n) is 18.0. The molecule has 184 valence electrons. The number of piperidine rings is 1. The van der Waals surface area contributed by atoms with E-state index in [9.17, 15) is 18.4 Å². The molecule has 0 aliphatic carbocycles. The maximum absolute atomic E-state index is 16.0. The van der Waals surface area contributed by atoms with Crippen LogP contribution in [0.2, 0.25) is 0 Å². The minimum atomic E-state index is -1.96. The number of nitrogens with zero attached hydrogens (tertiary/aromatic N) is 2. The molecule has 2 aliphatic rings. The summed E-state index contributed by atoms with van der Waals surface area (Å²) >= 11 is 0. The fourth-order valence-electron chi connectivity index (χ4n) is 4.97. The molecule has 7 nitrogen and oxygen atoms in total. The fourth-order valence-corrected chi connectivity index (χ4v) is 4.97. The normalized spacial score (nSPS) is 19.7. The molecule has 0 saturated carbocycles. The molecule has 1 aromatic heterocycles. The Bertz CT molecular complexity index is 1410. The molecule has 2 aromatic carbocycles. The van der Waals surface area contributed by atoms with Crippen LogP contribution in [0.15, 0.2) is 29.2 Å². The summed E-state index contributed by atoms with van der Waals surface area (Å²) in [5.41, 5.74) is -3.55. The number of rotatable bonds is 3. The van der Waals surface area contributed by atoms with Gasteiger partial charge < -0.3 is 24.6 Å². The predicted molar refractivity (Wildman–Crippen MR) is 115 cm³/mol. The van der Waals surface area contributed by atoms with Gasteiger partial charge >= 0.3 is 6.16 Å². The summed E-state index contributed by atoms with van der Waals surface area (Å²) in [7, 11) is 0. The molecule has 3 aromatic rings. The minimum Gasteiger partial charge on any atom is -0.449 e. The second-order valence-electron chi connectivity index (χ2n) is 8.54. The van der Waals surface area contributed by atoms with Crippen LogP contribution in [0.25, 0.3) is 16.6 Å². The van der Waals surface area contributed by atoms with Gasteiger partial charge in [0.05, 0.1) is 22.8 Å². The lowest BCUT2D eigenvalue weighted by molar-refractivity contribution is 0.144. The highest BCUT2D eigenvalue weighted by atomic mass is 19.2. The Morgan fingerprint density at radius 1 is 1.09 bits per heavy atom. The summed E-state index contributed by atoms with van der Waals surface area (Å²) in [6.07, 6.45) is 0.374. The molecule has 2 saturated heterocycles. The number of anilines is 1. The first kappa shape index (κ1) is 23.1. The lowest BCUT2D eigenvalue weighted by atomic mass is 9.94. The van der Waals surface area contributed by atoms with E-state index in [0.717, 1.165) is 31.5 Å². The molecule has 3 heterocycles. The number of nitrogens with one attached hydrogen (secondary N) is 1. The van der Waals surface area contributed by atoms with Gasteiger partial charge in [-0.15, -0.1) is 0 Å². The second-order valence-corrected chi connectivity index (χ2v) is 8.54. The van der Waals surface area contributed by atoms with Crippen LogP contribution in [0.1, 0.15) is 12.8 Å². The highest BCUT2D eigenvalue weighted by molar-refractivity contribution is 5.88. The Labute approximate surface area is 194 Å². The lowest BCUT2D eigenvalue weighted by Crippen LogP contribution is -2.40. The summed E-state index contributed by atoms with van der Waals surface area (Å²) in [6, 6.07) is 2.11. The molecular weight excluding hydrogens is 477 g/mol. The van der Waals surface area contributed by atoms with Gasteiger partial charge in [-0.25, -0.2) is 26.7 Å². The monoisotopic (exact) mass is 495 g/mol. The first-order valence-corrected chi connectivity index (χ1v) is 10.8. The summed E-state index contributed by atoms with van der Waals surface area (Å²) in [4.78, 5) is 25.2. The third-order valence-electron chi connectivity index (χ3n) is 6.49. The second kappa shape index (κ2) is 8.52. The van der Waals surface area contributed by atoms with E-state index in [2.05, 4.69) is 10.1 Å². The average Bonchev–Trinajstić information content (AvgIpc) is 3.22. The van der Waals surface area contributed by atoms with E-state index in [1.165, 1.54) is 4.90 Å². The smallest absolute Gasteiger partial charge is 0.449 e. The molecule has 2 aliphatic heterocycles. The zero-order valence-corrected chi connectivity index (χ0v) is 18.0. The molecule has 0 spiro atoms. The quantitative estimate of drug-likeness (QED) is 0.326. The molecule has 12 heteroatoms. The molecule has 5 rings (SSSR count). The third kappa shape index (κ3) is 3.77. The predicted octanol–water partition coefficient (Wildman–Crippen LogP) is 3.93. The molecule has 0 bridgehead atoms. The minimum absolute atomic E-state index is 0.0654. The van der Waals surface area contributed by atoms with Gasteiger partial charge in [-0.1, -0.05) is 0 Å². The number of carboxylic acid groups (broad SMARTS) is 1. The molecule has 0 amide bonds. The Hall–Kier alpha value is -3.67. The standard InChI is InChI=1S/C23H18F5N3O4/c24-11-3-4-14(12(25)6-11)31-9-15(35-23(33)34)22(32)16-17(26)18(27)21(19(28)20(16)31)30-7-10-2-1-5-29-13(10)8-30/h3-4,6,9-10,13,29H,1-2,5,7-8H2,(H,33,34). The van der Waals surface area contributed by atoms with Crippen molar-refractivity contribution < 1.29 is 36.6 Å². The number of aromatic nitrogens is 1. The van der Waals surface area contributed by atoms with Gasteiger partial charge in [0.15, 0.2) is 23.2 Å².